The first-order valence-corrected chi connectivity index (χ1v) is 7.57. The van der Waals surface area contributed by atoms with E-state index in [-0.39, 0.29) is 24.4 Å². The number of hydrogen-bond donors (Lipinski definition) is 1. The summed E-state index contributed by atoms with van der Waals surface area (Å²) in [6.07, 6.45) is 2.75. The van der Waals surface area contributed by atoms with Gasteiger partial charge in [-0.2, -0.15) is 0 Å². The number of nitrogens with zero attached hydrogens (tertiary/aromatic N) is 1. The first-order valence-electron chi connectivity index (χ1n) is 7.57. The third kappa shape index (κ3) is 4.89. The van der Waals surface area contributed by atoms with Gasteiger partial charge in [0.25, 0.3) is 0 Å². The molecule has 124 valence electrons. The molecule has 1 aliphatic rings. The molecule has 1 fully saturated rings. The normalized spacial score (nSPS) is 15.7. The quantitative estimate of drug-likeness (QED) is 0.872. The number of hydrogen-bond acceptors (Lipinski definition) is 3. The summed E-state index contributed by atoms with van der Waals surface area (Å²) >= 11 is 0. The van der Waals surface area contributed by atoms with Crippen LogP contribution in [0.2, 0.25) is 0 Å². The van der Waals surface area contributed by atoms with E-state index in [1.807, 2.05) is 43.0 Å². The van der Waals surface area contributed by atoms with Gasteiger partial charge in [0.15, 0.2) is 0 Å². The Balaban J connectivity index is 0.00000242. The molecule has 0 aromatic heterocycles. The van der Waals surface area contributed by atoms with Crippen LogP contribution < -0.4 is 15.4 Å². The molecular weight excluding hydrogens is 300 g/mol. The Morgan fingerprint density at radius 1 is 1.36 bits per heavy atom. The fourth-order valence-corrected chi connectivity index (χ4v) is 2.61. The van der Waals surface area contributed by atoms with Crippen molar-refractivity contribution in [1.29, 1.82) is 0 Å². The SMILES string of the molecule is COc1ccc(N(C(=O)CC(C)(C)N)C(C)C2CC2)cc1.Cl. The molecule has 2 N–H and O–H groups in total. The second-order valence-corrected chi connectivity index (χ2v) is 6.71. The molecule has 0 spiro atoms. The van der Waals surface area contributed by atoms with E-state index in [0.29, 0.717) is 12.3 Å². The second-order valence-electron chi connectivity index (χ2n) is 6.71. The fourth-order valence-electron chi connectivity index (χ4n) is 2.61. The van der Waals surface area contributed by atoms with Gasteiger partial charge in [-0.3, -0.25) is 4.79 Å². The minimum Gasteiger partial charge on any atom is -0.497 e. The van der Waals surface area contributed by atoms with Crippen LogP contribution in [0.1, 0.15) is 40.0 Å². The fraction of sp³-hybridized carbons (Fsp3) is 0.588. The summed E-state index contributed by atoms with van der Waals surface area (Å²) in [4.78, 5) is 14.6. The Morgan fingerprint density at radius 3 is 2.32 bits per heavy atom. The lowest BCUT2D eigenvalue weighted by Crippen LogP contribution is -2.45. The lowest BCUT2D eigenvalue weighted by atomic mass is 10.00. The van der Waals surface area contributed by atoms with E-state index in [0.717, 1.165) is 11.4 Å². The van der Waals surface area contributed by atoms with Gasteiger partial charge in [-0.1, -0.05) is 0 Å². The second kappa shape index (κ2) is 7.34. The number of methoxy groups -OCH3 is 1. The summed E-state index contributed by atoms with van der Waals surface area (Å²) in [7, 11) is 1.64. The molecule has 1 unspecified atom stereocenters. The van der Waals surface area contributed by atoms with Crippen LogP contribution in [-0.2, 0) is 4.79 Å². The molecule has 0 radical (unpaired) electrons. The van der Waals surface area contributed by atoms with Gasteiger partial charge >= 0.3 is 0 Å². The van der Waals surface area contributed by atoms with Crippen molar-refractivity contribution in [3.63, 3.8) is 0 Å². The summed E-state index contributed by atoms with van der Waals surface area (Å²) < 4.78 is 5.19. The minimum atomic E-state index is -0.495. The van der Waals surface area contributed by atoms with Crippen LogP contribution in [0.5, 0.6) is 5.75 Å². The van der Waals surface area contributed by atoms with Gasteiger partial charge in [-0.25, -0.2) is 0 Å². The molecule has 4 nitrogen and oxygen atoms in total. The number of benzene rings is 1. The van der Waals surface area contributed by atoms with E-state index >= 15 is 0 Å². The summed E-state index contributed by atoms with van der Waals surface area (Å²) in [5.41, 5.74) is 6.45. The number of carbonyl (C=O) groups is 1. The van der Waals surface area contributed by atoms with E-state index in [1.54, 1.807) is 7.11 Å². The van der Waals surface area contributed by atoms with Gasteiger partial charge in [-0.15, -0.1) is 12.4 Å². The van der Waals surface area contributed by atoms with E-state index in [9.17, 15) is 4.79 Å². The predicted octanol–water partition coefficient (Wildman–Crippen LogP) is 3.38. The summed E-state index contributed by atoms with van der Waals surface area (Å²) in [6.45, 7) is 5.90. The zero-order valence-electron chi connectivity index (χ0n) is 13.8. The van der Waals surface area contributed by atoms with Crippen molar-refractivity contribution in [2.45, 2.75) is 51.6 Å². The first kappa shape index (κ1) is 18.8. The van der Waals surface area contributed by atoms with Crippen LogP contribution >= 0.6 is 12.4 Å². The summed E-state index contributed by atoms with van der Waals surface area (Å²) in [5.74, 6) is 1.49. The van der Waals surface area contributed by atoms with E-state index < -0.39 is 5.54 Å². The Morgan fingerprint density at radius 2 is 1.91 bits per heavy atom. The Bertz CT molecular complexity index is 492. The van der Waals surface area contributed by atoms with Gasteiger partial charge in [0.2, 0.25) is 5.91 Å². The molecule has 1 aromatic carbocycles. The third-order valence-electron chi connectivity index (χ3n) is 3.94. The van der Waals surface area contributed by atoms with Gasteiger partial charge in [0, 0.05) is 23.7 Å². The predicted molar refractivity (Wildman–Crippen MR) is 92.8 cm³/mol. The van der Waals surface area contributed by atoms with E-state index in [1.165, 1.54) is 12.8 Å². The van der Waals surface area contributed by atoms with Crippen molar-refractivity contribution in [1.82, 2.24) is 0 Å². The van der Waals surface area contributed by atoms with Crippen LogP contribution in [0.3, 0.4) is 0 Å². The van der Waals surface area contributed by atoms with Crippen LogP contribution in [0.25, 0.3) is 0 Å². The maximum atomic E-state index is 12.7. The Kier molecular flexibility index (Phi) is 6.27. The van der Waals surface area contributed by atoms with Crippen LogP contribution in [-0.4, -0.2) is 24.6 Å². The number of amides is 1. The molecule has 0 aliphatic heterocycles. The molecule has 1 saturated carbocycles. The number of carbonyl (C=O) groups excluding carboxylic acids is 1. The molecule has 0 heterocycles. The maximum Gasteiger partial charge on any atom is 0.229 e. The van der Waals surface area contributed by atoms with Crippen LogP contribution in [0.4, 0.5) is 5.69 Å². The summed E-state index contributed by atoms with van der Waals surface area (Å²) in [6, 6.07) is 7.89. The van der Waals surface area contributed by atoms with Gasteiger partial charge in [0.1, 0.15) is 5.75 Å². The molecule has 22 heavy (non-hydrogen) atoms. The molecule has 1 amide bonds. The topological polar surface area (TPSA) is 55.6 Å². The molecule has 0 saturated heterocycles. The van der Waals surface area contributed by atoms with Crippen molar-refractivity contribution in [3.8, 4) is 5.75 Å². The monoisotopic (exact) mass is 326 g/mol. The van der Waals surface area contributed by atoms with Crippen molar-refractivity contribution in [2.75, 3.05) is 12.0 Å². The maximum absolute atomic E-state index is 12.7. The van der Waals surface area contributed by atoms with Crippen molar-refractivity contribution in [3.05, 3.63) is 24.3 Å². The lowest BCUT2D eigenvalue weighted by molar-refractivity contribution is -0.120. The third-order valence-corrected chi connectivity index (χ3v) is 3.94. The average molecular weight is 327 g/mol. The highest BCUT2D eigenvalue weighted by Gasteiger charge is 2.36. The Hall–Kier alpha value is -1.26. The van der Waals surface area contributed by atoms with Crippen LogP contribution in [0, 0.1) is 5.92 Å². The highest BCUT2D eigenvalue weighted by Crippen LogP contribution is 2.37. The molecular formula is C17H27ClN2O2. The molecule has 0 bridgehead atoms. The van der Waals surface area contributed by atoms with Crippen LogP contribution in [0.15, 0.2) is 24.3 Å². The van der Waals surface area contributed by atoms with Gasteiger partial charge < -0.3 is 15.4 Å². The van der Waals surface area contributed by atoms with Crippen molar-refractivity contribution >= 4 is 24.0 Å². The van der Waals surface area contributed by atoms with E-state index in [4.69, 9.17) is 10.5 Å². The lowest BCUT2D eigenvalue weighted by Gasteiger charge is -2.32. The zero-order valence-corrected chi connectivity index (χ0v) is 14.7. The zero-order chi connectivity index (χ0) is 15.6. The minimum absolute atomic E-state index is 0. The number of anilines is 1. The van der Waals surface area contributed by atoms with Gasteiger partial charge in [0.05, 0.1) is 7.11 Å². The number of rotatable bonds is 6. The highest BCUT2D eigenvalue weighted by atomic mass is 35.5. The average Bonchev–Trinajstić information content (AvgIpc) is 3.21. The smallest absolute Gasteiger partial charge is 0.229 e. The number of halogens is 1. The van der Waals surface area contributed by atoms with Crippen molar-refractivity contribution in [2.24, 2.45) is 11.7 Å². The number of nitrogens with two attached hydrogens (primary N) is 1. The molecule has 1 aliphatic carbocycles. The standard InChI is InChI=1S/C17H26N2O2.ClH/c1-12(13-5-6-13)19(16(20)11-17(2,3)18)14-7-9-15(21-4)10-8-14;/h7-10,12-13H,5-6,11,18H2,1-4H3;1H. The largest absolute Gasteiger partial charge is 0.497 e. The highest BCUT2D eigenvalue weighted by molar-refractivity contribution is 5.94. The Labute approximate surface area is 139 Å². The first-order chi connectivity index (χ1) is 9.81. The summed E-state index contributed by atoms with van der Waals surface area (Å²) in [5, 5.41) is 0. The number of ether oxygens (including phenoxy) is 1. The molecule has 1 atom stereocenters. The molecule has 5 heteroatoms. The van der Waals surface area contributed by atoms with Gasteiger partial charge in [-0.05, 0) is 63.8 Å². The molecule has 2 rings (SSSR count). The van der Waals surface area contributed by atoms with E-state index in [2.05, 4.69) is 6.92 Å². The van der Waals surface area contributed by atoms with Crippen molar-refractivity contribution < 1.29 is 9.53 Å². The molecule has 1 aromatic rings.